The number of hydrogen-bond donors (Lipinski definition) is 0. The molecule has 0 atom stereocenters. The Bertz CT molecular complexity index is 80.6. The minimum atomic E-state index is 1.36. The molecule has 0 heterocycles. The Balaban J connectivity index is -0.000000162. The fourth-order valence-electron chi connectivity index (χ4n) is 1.000. The molecule has 0 rings (SSSR count). The van der Waals surface area contributed by atoms with Crippen molar-refractivity contribution >= 4 is 0 Å². The fourth-order valence-corrected chi connectivity index (χ4v) is 1.000. The molecule has 0 amide bonds. The summed E-state index contributed by atoms with van der Waals surface area (Å²) in [6, 6.07) is 0. The third kappa shape index (κ3) is 50.0. The van der Waals surface area contributed by atoms with Crippen LogP contribution in [0.4, 0.5) is 0 Å². The smallest absolute Gasteiger partial charge is 0.0536 e. The highest BCUT2D eigenvalue weighted by molar-refractivity contribution is 4.88. The first-order valence-corrected chi connectivity index (χ1v) is 6.98. The lowest BCUT2D eigenvalue weighted by molar-refractivity contribution is 0.702. The quantitative estimate of drug-likeness (QED) is 0.342. The molecule has 16 heavy (non-hydrogen) atoms. The Labute approximate surface area is 105 Å². The minimum absolute atomic E-state index is 1.36. The van der Waals surface area contributed by atoms with Gasteiger partial charge in [-0.05, 0) is 0 Å². The van der Waals surface area contributed by atoms with Crippen molar-refractivity contribution in [1.29, 1.82) is 0 Å². The van der Waals surface area contributed by atoms with Gasteiger partial charge >= 0.3 is 0 Å². The van der Waals surface area contributed by atoms with Gasteiger partial charge in [-0.25, -0.2) is 0 Å². The first-order valence-electron chi connectivity index (χ1n) is 6.98. The van der Waals surface area contributed by atoms with Gasteiger partial charge in [0.25, 0.3) is 0 Å². The van der Waals surface area contributed by atoms with Crippen LogP contribution in [0.15, 0.2) is 25.3 Å². The lowest BCUT2D eigenvalue weighted by Crippen LogP contribution is -1.66. The van der Waals surface area contributed by atoms with Gasteiger partial charge in [0.1, 0.15) is 0 Å². The number of rotatable bonds is 7. The van der Waals surface area contributed by atoms with Crippen molar-refractivity contribution in [3.05, 3.63) is 25.3 Å². The van der Waals surface area contributed by atoms with E-state index in [9.17, 15) is 0 Å². The maximum Gasteiger partial charge on any atom is -0.0536 e. The molecule has 0 aromatic heterocycles. The van der Waals surface area contributed by atoms with Crippen molar-refractivity contribution in [3.63, 3.8) is 0 Å². The molecule has 0 aromatic carbocycles. The van der Waals surface area contributed by atoms with Gasteiger partial charge in [0.2, 0.25) is 0 Å². The second-order valence-electron chi connectivity index (χ2n) is 3.89. The van der Waals surface area contributed by atoms with Crippen LogP contribution in [0, 0.1) is 0 Å². The van der Waals surface area contributed by atoms with Gasteiger partial charge in [-0.1, -0.05) is 104 Å². The van der Waals surface area contributed by atoms with Crippen molar-refractivity contribution < 1.29 is 0 Å². The van der Waals surface area contributed by atoms with E-state index in [1.165, 1.54) is 51.4 Å². The Morgan fingerprint density at radius 1 is 0.562 bits per heavy atom. The van der Waals surface area contributed by atoms with Crippen LogP contribution in [-0.2, 0) is 0 Å². The van der Waals surface area contributed by atoms with Gasteiger partial charge in [0.15, 0.2) is 0 Å². The largest absolute Gasteiger partial charge is 0.0991 e. The molecule has 0 aromatic rings. The van der Waals surface area contributed by atoms with Crippen LogP contribution in [0.25, 0.3) is 0 Å². The Kier molecular flexibility index (Phi) is 38.1. The van der Waals surface area contributed by atoms with Crippen LogP contribution in [-0.4, -0.2) is 0 Å². The molecule has 0 spiro atoms. The molecular weight excluding hydrogens is 192 g/mol. The molecule has 0 aliphatic carbocycles. The molecule has 0 bridgehead atoms. The van der Waals surface area contributed by atoms with Gasteiger partial charge in [0, 0.05) is 0 Å². The fraction of sp³-hybridized carbons (Fsp3) is 0.750. The molecule has 0 saturated carbocycles. The summed E-state index contributed by atoms with van der Waals surface area (Å²) < 4.78 is 0. The van der Waals surface area contributed by atoms with Gasteiger partial charge in [-0.3, -0.25) is 0 Å². The third-order valence-electron chi connectivity index (χ3n) is 2.08. The minimum Gasteiger partial charge on any atom is -0.0991 e. The van der Waals surface area contributed by atoms with E-state index in [2.05, 4.69) is 40.9 Å². The summed E-state index contributed by atoms with van der Waals surface area (Å²) in [6.45, 7) is 15.6. The van der Waals surface area contributed by atoms with Crippen LogP contribution in [0.5, 0.6) is 0 Å². The number of unbranched alkanes of at least 4 members (excludes halogenated alkanes) is 6. The molecular formula is C16H34. The highest BCUT2D eigenvalue weighted by atomic mass is 13.8. The molecule has 0 aliphatic rings. The zero-order chi connectivity index (χ0) is 13.1. The lowest BCUT2D eigenvalue weighted by atomic mass is 10.2. The van der Waals surface area contributed by atoms with Gasteiger partial charge in [-0.2, -0.15) is 0 Å². The predicted octanol–water partition coefficient (Wildman–Crippen LogP) is 6.53. The average Bonchev–Trinajstić information content (AvgIpc) is 2.34. The molecule has 0 unspecified atom stereocenters. The molecule has 0 aliphatic heterocycles. The topological polar surface area (TPSA) is 0 Å². The molecule has 0 radical (unpaired) electrons. The van der Waals surface area contributed by atoms with E-state index in [4.69, 9.17) is 0 Å². The SMILES string of the molecule is C=CC=C.CCCCCC.CCCCCC. The second-order valence-corrected chi connectivity index (χ2v) is 3.89. The maximum absolute atomic E-state index is 3.36. The predicted molar refractivity (Wildman–Crippen MR) is 80.0 cm³/mol. The molecule has 0 saturated heterocycles. The van der Waals surface area contributed by atoms with E-state index in [0.29, 0.717) is 0 Å². The van der Waals surface area contributed by atoms with Crippen molar-refractivity contribution in [2.24, 2.45) is 0 Å². The monoisotopic (exact) mass is 226 g/mol. The zero-order valence-electron chi connectivity index (χ0n) is 12.2. The average molecular weight is 226 g/mol. The number of hydrogen-bond acceptors (Lipinski definition) is 0. The van der Waals surface area contributed by atoms with Crippen LogP contribution < -0.4 is 0 Å². The lowest BCUT2D eigenvalue weighted by Gasteiger charge is -1.86. The molecule has 98 valence electrons. The third-order valence-corrected chi connectivity index (χ3v) is 2.08. The summed E-state index contributed by atoms with van der Waals surface area (Å²) in [6.07, 6.45) is 14.4. The van der Waals surface area contributed by atoms with Crippen LogP contribution in [0.2, 0.25) is 0 Å². The first-order chi connectivity index (χ1) is 7.74. The van der Waals surface area contributed by atoms with Crippen LogP contribution >= 0.6 is 0 Å². The summed E-state index contributed by atoms with van der Waals surface area (Å²) in [5.74, 6) is 0. The summed E-state index contributed by atoms with van der Waals surface area (Å²) in [4.78, 5) is 0. The maximum atomic E-state index is 3.36. The highest BCUT2D eigenvalue weighted by Crippen LogP contribution is 1.95. The van der Waals surface area contributed by atoms with E-state index in [1.807, 2.05) is 0 Å². The summed E-state index contributed by atoms with van der Waals surface area (Å²) in [5.41, 5.74) is 0. The van der Waals surface area contributed by atoms with Gasteiger partial charge in [-0.15, -0.1) is 0 Å². The Morgan fingerprint density at radius 2 is 0.750 bits per heavy atom. The van der Waals surface area contributed by atoms with Crippen LogP contribution in [0.1, 0.15) is 79.1 Å². The van der Waals surface area contributed by atoms with Crippen molar-refractivity contribution in [3.8, 4) is 0 Å². The highest BCUT2D eigenvalue weighted by Gasteiger charge is 1.75. The summed E-state index contributed by atoms with van der Waals surface area (Å²) in [5, 5.41) is 0. The summed E-state index contributed by atoms with van der Waals surface area (Å²) in [7, 11) is 0. The first kappa shape index (κ1) is 20.8. The summed E-state index contributed by atoms with van der Waals surface area (Å²) >= 11 is 0. The van der Waals surface area contributed by atoms with E-state index < -0.39 is 0 Å². The van der Waals surface area contributed by atoms with E-state index in [0.717, 1.165) is 0 Å². The molecule has 0 nitrogen and oxygen atoms in total. The normalized spacial score (nSPS) is 8.00. The molecule has 0 heteroatoms. The van der Waals surface area contributed by atoms with Gasteiger partial charge < -0.3 is 0 Å². The zero-order valence-corrected chi connectivity index (χ0v) is 12.2. The van der Waals surface area contributed by atoms with Crippen molar-refractivity contribution in [2.75, 3.05) is 0 Å². The van der Waals surface area contributed by atoms with E-state index >= 15 is 0 Å². The Hall–Kier alpha value is -0.520. The van der Waals surface area contributed by atoms with Gasteiger partial charge in [0.05, 0.1) is 0 Å². The molecule has 0 N–H and O–H groups in total. The number of allylic oxidation sites excluding steroid dienone is 2. The van der Waals surface area contributed by atoms with E-state index in [1.54, 1.807) is 12.2 Å². The van der Waals surface area contributed by atoms with Crippen molar-refractivity contribution in [1.82, 2.24) is 0 Å². The Morgan fingerprint density at radius 3 is 0.812 bits per heavy atom. The standard InChI is InChI=1S/2C6H14.C4H6/c2*1-3-5-6-4-2;1-3-4-2/h2*3-6H2,1-2H3;3-4H,1-2H2. The van der Waals surface area contributed by atoms with E-state index in [-0.39, 0.29) is 0 Å². The van der Waals surface area contributed by atoms with Crippen LogP contribution in [0.3, 0.4) is 0 Å². The molecule has 0 fully saturated rings. The van der Waals surface area contributed by atoms with Crippen molar-refractivity contribution in [2.45, 2.75) is 79.1 Å². The second kappa shape index (κ2) is 29.3.